The molecule has 0 bridgehead atoms. The molecule has 7 heteroatoms. The maximum atomic E-state index is 14.4. The summed E-state index contributed by atoms with van der Waals surface area (Å²) in [7, 11) is 0. The van der Waals surface area contributed by atoms with Crippen molar-refractivity contribution < 1.29 is 22.3 Å². The monoisotopic (exact) mass is 496 g/mol. The van der Waals surface area contributed by atoms with Gasteiger partial charge >= 0.3 is 6.18 Å². The van der Waals surface area contributed by atoms with Gasteiger partial charge in [0.15, 0.2) is 0 Å². The van der Waals surface area contributed by atoms with E-state index >= 15 is 0 Å². The number of hydrogen-bond acceptors (Lipinski definition) is 3. The molecule has 0 spiro atoms. The Bertz CT molecular complexity index is 1270. The predicted molar refractivity (Wildman–Crippen MR) is 134 cm³/mol. The normalized spacial score (nSPS) is 17.8. The van der Waals surface area contributed by atoms with Crippen LogP contribution in [0.4, 0.5) is 28.9 Å². The fourth-order valence-corrected chi connectivity index (χ4v) is 5.04. The second kappa shape index (κ2) is 9.97. The Balaban J connectivity index is 1.30. The molecule has 2 aliphatic rings. The van der Waals surface area contributed by atoms with Crippen LogP contribution in [0.15, 0.2) is 66.7 Å². The third-order valence-electron chi connectivity index (χ3n) is 6.88. The van der Waals surface area contributed by atoms with E-state index in [4.69, 9.17) is 4.74 Å². The summed E-state index contributed by atoms with van der Waals surface area (Å²) in [5.41, 5.74) is 3.74. The molecule has 5 rings (SSSR count). The number of anilines is 2. The first-order chi connectivity index (χ1) is 17.3. The van der Waals surface area contributed by atoms with Crippen molar-refractivity contribution in [1.82, 2.24) is 5.32 Å². The van der Waals surface area contributed by atoms with Crippen molar-refractivity contribution >= 4 is 17.5 Å². The first kappa shape index (κ1) is 24.4. The summed E-state index contributed by atoms with van der Waals surface area (Å²) in [6, 6.07) is 17.0. The highest BCUT2D eigenvalue weighted by Crippen LogP contribution is 2.40. The molecule has 3 aromatic carbocycles. The lowest BCUT2D eigenvalue weighted by molar-refractivity contribution is -0.139. The topological polar surface area (TPSA) is 24.5 Å². The number of alkyl halides is 3. The van der Waals surface area contributed by atoms with Crippen LogP contribution >= 0.6 is 0 Å². The van der Waals surface area contributed by atoms with Crippen molar-refractivity contribution in [3.05, 3.63) is 94.8 Å². The largest absolute Gasteiger partial charge is 0.486 e. The summed E-state index contributed by atoms with van der Waals surface area (Å²) >= 11 is 0. The molecule has 0 aromatic heterocycles. The van der Waals surface area contributed by atoms with Crippen molar-refractivity contribution in [3.8, 4) is 5.75 Å². The van der Waals surface area contributed by atoms with Gasteiger partial charge in [-0.1, -0.05) is 42.5 Å². The zero-order valence-electron chi connectivity index (χ0n) is 20.0. The lowest BCUT2D eigenvalue weighted by Gasteiger charge is -2.36. The first-order valence-corrected chi connectivity index (χ1v) is 12.2. The molecule has 3 aromatic rings. The van der Waals surface area contributed by atoms with Gasteiger partial charge in [0.2, 0.25) is 0 Å². The summed E-state index contributed by atoms with van der Waals surface area (Å²) in [6.07, 6.45) is 2.28. The molecule has 2 unspecified atom stereocenters. The van der Waals surface area contributed by atoms with Crippen molar-refractivity contribution in [2.75, 3.05) is 18.0 Å². The molecular weight excluding hydrogens is 468 g/mol. The van der Waals surface area contributed by atoms with Crippen molar-refractivity contribution in [2.24, 2.45) is 0 Å². The van der Waals surface area contributed by atoms with Crippen LogP contribution in [0, 0.1) is 5.82 Å². The van der Waals surface area contributed by atoms with Gasteiger partial charge in [0.25, 0.3) is 0 Å². The van der Waals surface area contributed by atoms with Crippen LogP contribution in [-0.2, 0) is 12.6 Å². The van der Waals surface area contributed by atoms with Crippen LogP contribution in [0.1, 0.15) is 48.1 Å². The van der Waals surface area contributed by atoms with Crippen LogP contribution < -0.4 is 15.0 Å². The van der Waals surface area contributed by atoms with Gasteiger partial charge < -0.3 is 15.0 Å². The molecule has 1 heterocycles. The van der Waals surface area contributed by atoms with Crippen molar-refractivity contribution in [1.29, 1.82) is 0 Å². The zero-order chi connectivity index (χ0) is 25.3. The van der Waals surface area contributed by atoms with E-state index in [-0.39, 0.29) is 12.1 Å². The smallest absolute Gasteiger partial charge is 0.419 e. The summed E-state index contributed by atoms with van der Waals surface area (Å²) in [4.78, 5) is 1.83. The summed E-state index contributed by atoms with van der Waals surface area (Å²) in [6.45, 7) is 3.24. The quantitative estimate of drug-likeness (QED) is 0.359. The molecule has 3 nitrogen and oxygen atoms in total. The van der Waals surface area contributed by atoms with Crippen molar-refractivity contribution in [2.45, 2.75) is 44.5 Å². The minimum absolute atomic E-state index is 0.152. The van der Waals surface area contributed by atoms with E-state index in [1.165, 1.54) is 22.8 Å². The number of aryl methyl sites for hydroxylation is 1. The minimum Gasteiger partial charge on any atom is -0.486 e. The van der Waals surface area contributed by atoms with Crippen LogP contribution in [0.5, 0.6) is 5.75 Å². The van der Waals surface area contributed by atoms with Gasteiger partial charge in [0, 0.05) is 11.7 Å². The second-order valence-electron chi connectivity index (χ2n) is 9.31. The lowest BCUT2D eigenvalue weighted by atomic mass is 9.90. The molecule has 0 radical (unpaired) electrons. The molecule has 0 saturated carbocycles. The number of benzene rings is 3. The van der Waals surface area contributed by atoms with E-state index in [9.17, 15) is 17.6 Å². The molecule has 2 atom stereocenters. The Morgan fingerprint density at radius 1 is 1.08 bits per heavy atom. The molecule has 36 heavy (non-hydrogen) atoms. The summed E-state index contributed by atoms with van der Waals surface area (Å²) < 4.78 is 59.7. The fraction of sp³-hybridized carbons (Fsp3) is 0.310. The van der Waals surface area contributed by atoms with Crippen LogP contribution in [0.25, 0.3) is 6.08 Å². The van der Waals surface area contributed by atoms with E-state index in [0.717, 1.165) is 25.0 Å². The molecule has 0 saturated heterocycles. The van der Waals surface area contributed by atoms with Gasteiger partial charge in [-0.15, -0.1) is 0 Å². The standard InChI is InChI=1S/C29H28F4N2O/c1-19(23-10-6-8-20-7-2-3-9-24(20)23)34-16-15-22-18-35(27-11-4-5-12-28(27)36-22)21-13-14-25(26(30)17-21)29(31,32)33/h3-6,8-14,17,19,22,34H,2,7,15-16,18H2,1H3. The van der Waals surface area contributed by atoms with Gasteiger partial charge in [-0.3, -0.25) is 0 Å². The van der Waals surface area contributed by atoms with Crippen LogP contribution in [0.2, 0.25) is 0 Å². The van der Waals surface area contributed by atoms with Gasteiger partial charge in [-0.05, 0) is 79.8 Å². The number of nitrogens with zero attached hydrogens (tertiary/aromatic N) is 1. The van der Waals surface area contributed by atoms with Crippen LogP contribution in [0.3, 0.4) is 0 Å². The number of ether oxygens (including phenoxy) is 1. The van der Waals surface area contributed by atoms with Gasteiger partial charge in [0.05, 0.1) is 17.8 Å². The second-order valence-corrected chi connectivity index (χ2v) is 9.31. The predicted octanol–water partition coefficient (Wildman–Crippen LogP) is 7.44. The molecule has 1 aliphatic heterocycles. The summed E-state index contributed by atoms with van der Waals surface area (Å²) in [5.74, 6) is -0.652. The molecule has 1 aliphatic carbocycles. The maximum Gasteiger partial charge on any atom is 0.419 e. The van der Waals surface area contributed by atoms with Crippen LogP contribution in [-0.4, -0.2) is 19.2 Å². The van der Waals surface area contributed by atoms with Gasteiger partial charge in [0.1, 0.15) is 17.7 Å². The van der Waals surface area contributed by atoms with E-state index in [0.29, 0.717) is 36.6 Å². The number of nitrogens with one attached hydrogen (secondary N) is 1. The highest BCUT2D eigenvalue weighted by atomic mass is 19.4. The average molecular weight is 497 g/mol. The van der Waals surface area contributed by atoms with Gasteiger partial charge in [-0.25, -0.2) is 4.39 Å². The molecule has 188 valence electrons. The Hall–Kier alpha value is -3.32. The average Bonchev–Trinajstić information content (AvgIpc) is 2.87. The Labute approximate surface area is 208 Å². The number of rotatable bonds is 6. The number of allylic oxidation sites excluding steroid dienone is 1. The molecule has 0 fully saturated rings. The van der Waals surface area contributed by atoms with E-state index in [1.54, 1.807) is 0 Å². The maximum absolute atomic E-state index is 14.4. The minimum atomic E-state index is -4.73. The number of hydrogen-bond donors (Lipinski definition) is 1. The molecular formula is C29H28F4N2O. The number of para-hydroxylation sites is 2. The lowest BCUT2D eigenvalue weighted by Crippen LogP contribution is -2.39. The zero-order valence-corrected chi connectivity index (χ0v) is 20.0. The first-order valence-electron chi connectivity index (χ1n) is 12.2. The fourth-order valence-electron chi connectivity index (χ4n) is 5.04. The third kappa shape index (κ3) is 4.98. The Kier molecular flexibility index (Phi) is 6.75. The molecule has 1 N–H and O–H groups in total. The Morgan fingerprint density at radius 3 is 2.72 bits per heavy atom. The third-order valence-corrected chi connectivity index (χ3v) is 6.88. The number of fused-ring (bicyclic) bond motifs is 2. The van der Waals surface area contributed by atoms with Crippen molar-refractivity contribution in [3.63, 3.8) is 0 Å². The SMILES string of the molecule is CC(NCCC1CN(c2ccc(C(F)(F)F)c(F)c2)c2ccccc2O1)c1cccc2c1C=CCC2. The van der Waals surface area contributed by atoms with E-state index < -0.39 is 17.6 Å². The van der Waals surface area contributed by atoms with E-state index in [1.807, 2.05) is 29.2 Å². The highest BCUT2D eigenvalue weighted by Gasteiger charge is 2.35. The Morgan fingerprint density at radius 2 is 1.92 bits per heavy atom. The van der Waals surface area contributed by atoms with E-state index in [2.05, 4.69) is 42.6 Å². The number of halogens is 4. The highest BCUT2D eigenvalue weighted by molar-refractivity contribution is 5.71. The molecule has 0 amide bonds. The van der Waals surface area contributed by atoms with Gasteiger partial charge in [-0.2, -0.15) is 13.2 Å². The summed E-state index contributed by atoms with van der Waals surface area (Å²) in [5, 5.41) is 3.59.